The van der Waals surface area contributed by atoms with Crippen molar-refractivity contribution in [1.82, 2.24) is 0 Å². The Balaban J connectivity index is 2.24. The van der Waals surface area contributed by atoms with E-state index in [9.17, 15) is 0 Å². The van der Waals surface area contributed by atoms with Crippen molar-refractivity contribution < 1.29 is 0 Å². The number of benzene rings is 1. The van der Waals surface area contributed by atoms with Crippen LogP contribution in [0, 0.1) is 17.2 Å². The fourth-order valence-corrected chi connectivity index (χ4v) is 2.66. The molecular formula is C13H16ClN3. The maximum atomic E-state index is 8.84. The van der Waals surface area contributed by atoms with Gasteiger partial charge in [0.1, 0.15) is 6.07 Å². The van der Waals surface area contributed by atoms with E-state index >= 15 is 0 Å². The minimum atomic E-state index is 0.479. The lowest BCUT2D eigenvalue weighted by Crippen LogP contribution is -2.27. The van der Waals surface area contributed by atoms with E-state index in [4.69, 9.17) is 22.6 Å². The zero-order valence-corrected chi connectivity index (χ0v) is 10.6. The van der Waals surface area contributed by atoms with Crippen LogP contribution in [0.25, 0.3) is 0 Å². The molecule has 1 fully saturated rings. The number of nitrogens with two attached hydrogens (primary N) is 1. The van der Waals surface area contributed by atoms with Crippen molar-refractivity contribution in [3.63, 3.8) is 0 Å². The van der Waals surface area contributed by atoms with Crippen molar-refractivity contribution in [1.29, 1.82) is 5.26 Å². The van der Waals surface area contributed by atoms with E-state index in [1.165, 1.54) is 0 Å². The molecule has 90 valence electrons. The molecule has 1 aliphatic heterocycles. The quantitative estimate of drug-likeness (QED) is 0.876. The van der Waals surface area contributed by atoms with E-state index in [0.717, 1.165) is 25.2 Å². The molecular weight excluding hydrogens is 234 g/mol. The Labute approximate surface area is 107 Å². The van der Waals surface area contributed by atoms with Gasteiger partial charge in [-0.25, -0.2) is 0 Å². The first-order chi connectivity index (χ1) is 8.15. The van der Waals surface area contributed by atoms with E-state index in [1.54, 1.807) is 6.07 Å². The Kier molecular flexibility index (Phi) is 3.56. The fourth-order valence-electron chi connectivity index (χ4n) is 2.45. The highest BCUT2D eigenvalue weighted by molar-refractivity contribution is 6.32. The van der Waals surface area contributed by atoms with E-state index in [2.05, 4.69) is 17.9 Å². The maximum absolute atomic E-state index is 8.84. The van der Waals surface area contributed by atoms with Crippen LogP contribution >= 0.6 is 11.6 Å². The van der Waals surface area contributed by atoms with Crippen LogP contribution in [0.2, 0.25) is 5.02 Å². The summed E-state index contributed by atoms with van der Waals surface area (Å²) in [5, 5.41) is 9.36. The summed E-state index contributed by atoms with van der Waals surface area (Å²) in [5.74, 6) is 0.555. The van der Waals surface area contributed by atoms with E-state index in [0.29, 0.717) is 22.5 Å². The third-order valence-electron chi connectivity index (χ3n) is 3.40. The Morgan fingerprint density at radius 2 is 2.35 bits per heavy atom. The van der Waals surface area contributed by atoms with Gasteiger partial charge in [0, 0.05) is 18.3 Å². The van der Waals surface area contributed by atoms with E-state index in [-0.39, 0.29) is 0 Å². The fraction of sp³-hybridized carbons (Fsp3) is 0.462. The highest BCUT2D eigenvalue weighted by Crippen LogP contribution is 2.31. The molecule has 3 nitrogen and oxygen atoms in total. The molecule has 0 amide bonds. The lowest BCUT2D eigenvalue weighted by Gasteiger charge is -2.24. The monoisotopic (exact) mass is 249 g/mol. The van der Waals surface area contributed by atoms with Gasteiger partial charge in [0.15, 0.2) is 0 Å². The van der Waals surface area contributed by atoms with Gasteiger partial charge in [-0.3, -0.25) is 0 Å². The molecule has 0 aliphatic carbocycles. The molecule has 2 rings (SSSR count). The van der Waals surface area contributed by atoms with Gasteiger partial charge in [0.25, 0.3) is 0 Å². The number of halogens is 1. The summed E-state index contributed by atoms with van der Waals surface area (Å²) in [6.07, 6.45) is 1.12. The number of nitrogens with zero attached hydrogens (tertiary/aromatic N) is 2. The summed E-state index contributed by atoms with van der Waals surface area (Å²) in [6.45, 7) is 3.90. The van der Waals surface area contributed by atoms with Crippen molar-refractivity contribution in [3.8, 4) is 6.07 Å². The summed E-state index contributed by atoms with van der Waals surface area (Å²) < 4.78 is 0. The molecule has 2 atom stereocenters. The van der Waals surface area contributed by atoms with Crippen LogP contribution in [0.15, 0.2) is 18.2 Å². The number of nitriles is 1. The molecule has 0 bridgehead atoms. The second kappa shape index (κ2) is 4.95. The van der Waals surface area contributed by atoms with Crippen molar-refractivity contribution in [2.45, 2.75) is 19.4 Å². The third kappa shape index (κ3) is 2.38. The molecule has 1 saturated heterocycles. The molecule has 17 heavy (non-hydrogen) atoms. The molecule has 1 heterocycles. The van der Waals surface area contributed by atoms with Crippen LogP contribution in [0.3, 0.4) is 0 Å². The lowest BCUT2D eigenvalue weighted by molar-refractivity contribution is 0.579. The first-order valence-electron chi connectivity index (χ1n) is 5.82. The number of hydrogen-bond donors (Lipinski definition) is 1. The molecule has 0 radical (unpaired) electrons. The summed E-state index contributed by atoms with van der Waals surface area (Å²) >= 11 is 6.05. The maximum Gasteiger partial charge on any atom is 0.101 e. The van der Waals surface area contributed by atoms with Crippen LogP contribution in [0.4, 0.5) is 5.69 Å². The van der Waals surface area contributed by atoms with Gasteiger partial charge in [0.2, 0.25) is 0 Å². The SMILES string of the molecule is CC1CC(CN)CN1c1ccc(C#N)c(Cl)c1. The van der Waals surface area contributed by atoms with Crippen molar-refractivity contribution in [2.75, 3.05) is 18.0 Å². The van der Waals surface area contributed by atoms with Gasteiger partial charge in [-0.1, -0.05) is 11.6 Å². The average Bonchev–Trinajstić information content (AvgIpc) is 2.70. The van der Waals surface area contributed by atoms with Crippen molar-refractivity contribution in [3.05, 3.63) is 28.8 Å². The van der Waals surface area contributed by atoms with Crippen molar-refractivity contribution in [2.24, 2.45) is 11.7 Å². The Hall–Kier alpha value is -1.24. The molecule has 1 aromatic rings. The standard InChI is InChI=1S/C13H16ClN3/c1-9-4-10(6-15)8-17(9)12-3-2-11(7-16)13(14)5-12/h2-3,5,9-10H,4,6,8,15H2,1H3. The first-order valence-corrected chi connectivity index (χ1v) is 6.20. The average molecular weight is 250 g/mol. The van der Waals surface area contributed by atoms with E-state index in [1.807, 2.05) is 12.1 Å². The number of rotatable bonds is 2. The predicted octanol–water partition coefficient (Wildman–Crippen LogP) is 2.39. The van der Waals surface area contributed by atoms with Gasteiger partial charge in [0.05, 0.1) is 10.6 Å². The molecule has 1 aliphatic rings. The lowest BCUT2D eigenvalue weighted by atomic mass is 10.1. The Bertz CT molecular complexity index is 452. The number of anilines is 1. The number of hydrogen-bond acceptors (Lipinski definition) is 3. The minimum Gasteiger partial charge on any atom is -0.368 e. The summed E-state index contributed by atoms with van der Waals surface area (Å²) in [6, 6.07) is 8.16. The van der Waals surface area contributed by atoms with Gasteiger partial charge < -0.3 is 10.6 Å². The van der Waals surface area contributed by atoms with Gasteiger partial charge in [-0.15, -0.1) is 0 Å². The van der Waals surface area contributed by atoms with Crippen LogP contribution < -0.4 is 10.6 Å². The molecule has 1 aromatic carbocycles. The molecule has 4 heteroatoms. The highest BCUT2D eigenvalue weighted by atomic mass is 35.5. The molecule has 0 spiro atoms. The van der Waals surface area contributed by atoms with Gasteiger partial charge in [-0.2, -0.15) is 5.26 Å². The Morgan fingerprint density at radius 1 is 1.59 bits per heavy atom. The van der Waals surface area contributed by atoms with Crippen LogP contribution in [0.1, 0.15) is 18.9 Å². The highest BCUT2D eigenvalue weighted by Gasteiger charge is 2.28. The van der Waals surface area contributed by atoms with E-state index < -0.39 is 0 Å². The van der Waals surface area contributed by atoms with Crippen LogP contribution in [0.5, 0.6) is 0 Å². The molecule has 2 unspecified atom stereocenters. The molecule has 0 saturated carbocycles. The zero-order chi connectivity index (χ0) is 12.4. The first kappa shape index (κ1) is 12.2. The van der Waals surface area contributed by atoms with Crippen LogP contribution in [-0.4, -0.2) is 19.1 Å². The second-order valence-corrected chi connectivity index (χ2v) is 5.02. The normalized spacial score (nSPS) is 23.8. The largest absolute Gasteiger partial charge is 0.368 e. The topological polar surface area (TPSA) is 53.0 Å². The summed E-state index contributed by atoms with van der Waals surface area (Å²) in [5.41, 5.74) is 7.32. The zero-order valence-electron chi connectivity index (χ0n) is 9.86. The van der Waals surface area contributed by atoms with Gasteiger partial charge in [-0.05, 0) is 44.0 Å². The second-order valence-electron chi connectivity index (χ2n) is 4.61. The minimum absolute atomic E-state index is 0.479. The summed E-state index contributed by atoms with van der Waals surface area (Å²) in [7, 11) is 0. The smallest absolute Gasteiger partial charge is 0.101 e. The summed E-state index contributed by atoms with van der Waals surface area (Å²) in [4.78, 5) is 2.31. The Morgan fingerprint density at radius 3 is 2.88 bits per heavy atom. The predicted molar refractivity (Wildman–Crippen MR) is 70.1 cm³/mol. The molecule has 2 N–H and O–H groups in total. The molecule has 0 aromatic heterocycles. The van der Waals surface area contributed by atoms with Crippen LogP contribution in [-0.2, 0) is 0 Å². The van der Waals surface area contributed by atoms with Crippen molar-refractivity contribution >= 4 is 17.3 Å². The third-order valence-corrected chi connectivity index (χ3v) is 3.71. The van der Waals surface area contributed by atoms with Gasteiger partial charge >= 0.3 is 0 Å².